The van der Waals surface area contributed by atoms with E-state index in [4.69, 9.17) is 10.3 Å². The molecule has 0 aliphatic carbocycles. The van der Waals surface area contributed by atoms with E-state index in [1.807, 2.05) is 0 Å². The molecule has 8 heteroatoms. The Morgan fingerprint density at radius 3 is 2.32 bits per heavy atom. The first-order valence-corrected chi connectivity index (χ1v) is 7.09. The smallest absolute Gasteiger partial charge is 0.292 e. The second-order valence-corrected chi connectivity index (χ2v) is 5.97. The molecule has 2 N–H and O–H groups in total. The third-order valence-corrected chi connectivity index (χ3v) is 3.83. The first-order valence-electron chi connectivity index (χ1n) is 7.09. The van der Waals surface area contributed by atoms with Crippen LogP contribution in [0.5, 0.6) is 0 Å². The zero-order valence-corrected chi connectivity index (χ0v) is 12.7. The quantitative estimate of drug-likeness (QED) is 0.832. The Morgan fingerprint density at radius 1 is 1.23 bits per heavy atom. The molecule has 8 nitrogen and oxygen atoms in total. The molecule has 1 aromatic heterocycles. The summed E-state index contributed by atoms with van der Waals surface area (Å²) >= 11 is 0. The molecule has 0 bridgehead atoms. The summed E-state index contributed by atoms with van der Waals surface area (Å²) in [5.74, 6) is -0.674. The first kappa shape index (κ1) is 16.0. The number of rotatable bonds is 4. The summed E-state index contributed by atoms with van der Waals surface area (Å²) in [6.07, 6.45) is 1.48. The summed E-state index contributed by atoms with van der Waals surface area (Å²) in [5.41, 5.74) is 4.41. The first-order chi connectivity index (χ1) is 10.3. The highest BCUT2D eigenvalue weighted by molar-refractivity contribution is 5.91. The minimum absolute atomic E-state index is 0.0678. The van der Waals surface area contributed by atoms with E-state index in [2.05, 4.69) is 5.16 Å². The third-order valence-electron chi connectivity index (χ3n) is 3.83. The maximum absolute atomic E-state index is 12.2. The van der Waals surface area contributed by atoms with Crippen LogP contribution in [0.1, 0.15) is 30.8 Å². The maximum Gasteiger partial charge on any atom is 0.292 e. The number of primary amides is 1. The van der Waals surface area contributed by atoms with Crippen molar-refractivity contribution in [3.63, 3.8) is 0 Å². The van der Waals surface area contributed by atoms with Crippen molar-refractivity contribution in [1.29, 1.82) is 0 Å². The monoisotopic (exact) mass is 308 g/mol. The van der Waals surface area contributed by atoms with Crippen LogP contribution in [0.2, 0.25) is 0 Å². The average Bonchev–Trinajstić information content (AvgIpc) is 3.00. The molecule has 0 spiro atoms. The number of aromatic nitrogens is 1. The summed E-state index contributed by atoms with van der Waals surface area (Å²) in [4.78, 5) is 38.8. The highest BCUT2D eigenvalue weighted by atomic mass is 16.5. The van der Waals surface area contributed by atoms with E-state index >= 15 is 0 Å². The Balaban J connectivity index is 1.88. The fraction of sp³-hybridized carbons (Fsp3) is 0.571. The predicted octanol–water partition coefficient (Wildman–Crippen LogP) is -0.139. The van der Waals surface area contributed by atoms with Crippen molar-refractivity contribution in [2.75, 3.05) is 26.2 Å². The Kier molecular flexibility index (Phi) is 4.48. The van der Waals surface area contributed by atoms with Crippen molar-refractivity contribution < 1.29 is 18.9 Å². The van der Waals surface area contributed by atoms with Crippen LogP contribution in [0.3, 0.4) is 0 Å². The Morgan fingerprint density at radius 2 is 1.82 bits per heavy atom. The molecule has 1 aromatic rings. The van der Waals surface area contributed by atoms with Gasteiger partial charge in [0.2, 0.25) is 17.6 Å². The van der Waals surface area contributed by atoms with Crippen LogP contribution in [-0.4, -0.2) is 58.9 Å². The highest BCUT2D eigenvalue weighted by Gasteiger charge is 2.32. The van der Waals surface area contributed by atoms with Crippen LogP contribution in [-0.2, 0) is 9.59 Å². The SMILES string of the molecule is CC(C)(CC(=O)N1CCN(C(=O)c2ccno2)CC1)C(N)=O. The molecule has 1 saturated heterocycles. The Labute approximate surface area is 128 Å². The van der Waals surface area contributed by atoms with Gasteiger partial charge in [-0.15, -0.1) is 0 Å². The number of carbonyl (C=O) groups is 3. The van der Waals surface area contributed by atoms with E-state index in [0.717, 1.165) is 0 Å². The zero-order valence-electron chi connectivity index (χ0n) is 12.7. The van der Waals surface area contributed by atoms with E-state index in [1.54, 1.807) is 23.6 Å². The van der Waals surface area contributed by atoms with Crippen LogP contribution >= 0.6 is 0 Å². The number of piperazine rings is 1. The van der Waals surface area contributed by atoms with Crippen LogP contribution in [0, 0.1) is 5.41 Å². The van der Waals surface area contributed by atoms with E-state index < -0.39 is 11.3 Å². The van der Waals surface area contributed by atoms with Crippen molar-refractivity contribution in [3.8, 4) is 0 Å². The summed E-state index contributed by atoms with van der Waals surface area (Å²) in [6.45, 7) is 4.99. The van der Waals surface area contributed by atoms with Gasteiger partial charge in [-0.25, -0.2) is 0 Å². The summed E-state index contributed by atoms with van der Waals surface area (Å²) in [7, 11) is 0. The predicted molar refractivity (Wildman–Crippen MR) is 76.6 cm³/mol. The van der Waals surface area contributed by atoms with Gasteiger partial charge in [-0.1, -0.05) is 19.0 Å². The van der Waals surface area contributed by atoms with Crippen molar-refractivity contribution in [1.82, 2.24) is 15.0 Å². The molecule has 0 saturated carbocycles. The van der Waals surface area contributed by atoms with Crippen molar-refractivity contribution in [2.24, 2.45) is 11.1 Å². The van der Waals surface area contributed by atoms with Gasteiger partial charge in [0.05, 0.1) is 11.6 Å². The molecule has 1 aliphatic rings. The van der Waals surface area contributed by atoms with E-state index in [9.17, 15) is 14.4 Å². The van der Waals surface area contributed by atoms with Crippen LogP contribution in [0.4, 0.5) is 0 Å². The third kappa shape index (κ3) is 3.44. The average molecular weight is 308 g/mol. The fourth-order valence-corrected chi connectivity index (χ4v) is 2.22. The lowest BCUT2D eigenvalue weighted by molar-refractivity contribution is -0.139. The minimum Gasteiger partial charge on any atom is -0.369 e. The zero-order chi connectivity index (χ0) is 16.3. The lowest BCUT2D eigenvalue weighted by Crippen LogP contribution is -2.51. The fourth-order valence-electron chi connectivity index (χ4n) is 2.22. The van der Waals surface area contributed by atoms with E-state index in [0.29, 0.717) is 26.2 Å². The van der Waals surface area contributed by atoms with Crippen LogP contribution in [0.25, 0.3) is 0 Å². The number of hydrogen-bond acceptors (Lipinski definition) is 5. The molecule has 0 aromatic carbocycles. The van der Waals surface area contributed by atoms with Gasteiger partial charge in [-0.2, -0.15) is 0 Å². The molecule has 0 atom stereocenters. The molecule has 120 valence electrons. The Bertz CT molecular complexity index is 559. The molecule has 3 amide bonds. The molecule has 2 heterocycles. The number of amides is 3. The van der Waals surface area contributed by atoms with E-state index in [-0.39, 0.29) is 24.0 Å². The van der Waals surface area contributed by atoms with Crippen molar-refractivity contribution in [2.45, 2.75) is 20.3 Å². The largest absolute Gasteiger partial charge is 0.369 e. The van der Waals surface area contributed by atoms with Gasteiger partial charge in [0.15, 0.2) is 0 Å². The van der Waals surface area contributed by atoms with Crippen LogP contribution < -0.4 is 5.73 Å². The van der Waals surface area contributed by atoms with Crippen molar-refractivity contribution in [3.05, 3.63) is 18.0 Å². The van der Waals surface area contributed by atoms with Gasteiger partial charge in [-0.05, 0) is 0 Å². The summed E-state index contributed by atoms with van der Waals surface area (Å²) in [5, 5.41) is 3.51. The topological polar surface area (TPSA) is 110 Å². The molecule has 22 heavy (non-hydrogen) atoms. The molecular formula is C14H20N4O4. The minimum atomic E-state index is -0.871. The van der Waals surface area contributed by atoms with Crippen LogP contribution in [0.15, 0.2) is 16.8 Å². The van der Waals surface area contributed by atoms with Gasteiger partial charge >= 0.3 is 0 Å². The number of nitrogens with two attached hydrogens (primary N) is 1. The van der Waals surface area contributed by atoms with Gasteiger partial charge in [0, 0.05) is 38.7 Å². The van der Waals surface area contributed by atoms with Gasteiger partial charge in [-0.3, -0.25) is 14.4 Å². The summed E-state index contributed by atoms with van der Waals surface area (Å²) < 4.78 is 4.84. The molecular weight excluding hydrogens is 288 g/mol. The van der Waals surface area contributed by atoms with Gasteiger partial charge < -0.3 is 20.1 Å². The second-order valence-electron chi connectivity index (χ2n) is 5.97. The second kappa shape index (κ2) is 6.17. The number of nitrogens with zero attached hydrogens (tertiary/aromatic N) is 3. The Hall–Kier alpha value is -2.38. The highest BCUT2D eigenvalue weighted by Crippen LogP contribution is 2.21. The maximum atomic E-state index is 12.2. The normalized spacial score (nSPS) is 15.7. The standard InChI is InChI=1S/C14H20N4O4/c1-14(2,13(15)21)9-11(19)17-5-7-18(8-6-17)12(20)10-3-4-16-22-10/h3-4H,5-9H2,1-2H3,(H2,15,21). The van der Waals surface area contributed by atoms with Crippen molar-refractivity contribution >= 4 is 17.7 Å². The lowest BCUT2D eigenvalue weighted by Gasteiger charge is -2.35. The molecule has 1 aliphatic heterocycles. The van der Waals surface area contributed by atoms with E-state index in [1.165, 1.54) is 12.3 Å². The number of hydrogen-bond donors (Lipinski definition) is 1. The molecule has 0 unspecified atom stereocenters. The number of carbonyl (C=O) groups excluding carboxylic acids is 3. The molecule has 0 radical (unpaired) electrons. The molecule has 2 rings (SSSR count). The van der Waals surface area contributed by atoms with Gasteiger partial charge in [0.1, 0.15) is 0 Å². The van der Waals surface area contributed by atoms with Gasteiger partial charge in [0.25, 0.3) is 5.91 Å². The lowest BCUT2D eigenvalue weighted by atomic mass is 9.88. The molecule has 1 fully saturated rings. The summed E-state index contributed by atoms with van der Waals surface area (Å²) in [6, 6.07) is 1.51.